The van der Waals surface area contributed by atoms with Crippen LogP contribution < -0.4 is 0 Å². The van der Waals surface area contributed by atoms with Gasteiger partial charge >= 0.3 is 25.8 Å². The van der Waals surface area contributed by atoms with E-state index < -0.39 is 0 Å². The van der Waals surface area contributed by atoms with E-state index in [9.17, 15) is 0 Å². The molecule has 5 rings (SSSR count). The number of pyridine rings is 1. The average Bonchev–Trinajstić information content (AvgIpc) is 2.91. The van der Waals surface area contributed by atoms with E-state index in [1.54, 1.807) is 0 Å². The Labute approximate surface area is 254 Å². The van der Waals surface area contributed by atoms with Gasteiger partial charge in [-0.1, -0.05) is 135 Å². The van der Waals surface area contributed by atoms with Crippen LogP contribution in [-0.2, 0) is 25.8 Å². The van der Waals surface area contributed by atoms with Gasteiger partial charge in [0.15, 0.2) is 0 Å². The van der Waals surface area contributed by atoms with Crippen LogP contribution in [0.3, 0.4) is 0 Å². The van der Waals surface area contributed by atoms with Gasteiger partial charge in [0.25, 0.3) is 0 Å². The number of rotatable bonds is 7. The zero-order chi connectivity index (χ0) is 25.1. The van der Waals surface area contributed by atoms with Crippen LogP contribution in [0.4, 0.5) is 5.69 Å². The first-order valence-corrected chi connectivity index (χ1v) is 12.8. The Morgan fingerprint density at radius 3 is 1.95 bits per heavy atom. The maximum atomic E-state index is 5.47. The van der Waals surface area contributed by atoms with Gasteiger partial charge in [-0.3, -0.25) is 0 Å². The van der Waals surface area contributed by atoms with E-state index in [1.807, 2.05) is 6.07 Å². The summed E-state index contributed by atoms with van der Waals surface area (Å²) in [6.45, 7) is 8.97. The summed E-state index contributed by atoms with van der Waals surface area (Å²) in [5, 5.41) is 7.81. The second-order valence-electron chi connectivity index (χ2n) is 9.92. The third-order valence-corrected chi connectivity index (χ3v) is 6.74. The predicted octanol–water partition coefficient (Wildman–Crippen LogP) is 10.6. The SMILES string of the molecule is CC(C)c1cccc(C(C)C)c1[N-]C(c1ccccc1)c1cccc(-c2[c-]ccc3ccccc23)n1.[CH3-].[CH3-].[Hf+4]. The summed E-state index contributed by atoms with van der Waals surface area (Å²) in [5.74, 6) is 0.756. The molecule has 2 nitrogen and oxygen atoms in total. The normalized spacial score (nSPS) is 11.3. The Balaban J connectivity index is 0.00000178. The second-order valence-corrected chi connectivity index (χ2v) is 9.92. The molecule has 0 aliphatic rings. The molecule has 0 radical (unpaired) electrons. The summed E-state index contributed by atoms with van der Waals surface area (Å²) in [7, 11) is 0. The first-order valence-electron chi connectivity index (χ1n) is 12.8. The Hall–Kier alpha value is -3.04. The van der Waals surface area contributed by atoms with Crippen molar-refractivity contribution in [3.63, 3.8) is 0 Å². The van der Waals surface area contributed by atoms with Crippen molar-refractivity contribution in [2.75, 3.05) is 0 Å². The van der Waals surface area contributed by atoms with Crippen molar-refractivity contribution in [1.29, 1.82) is 0 Å². The number of fused-ring (bicyclic) bond motifs is 1. The Morgan fingerprint density at radius 1 is 0.667 bits per heavy atom. The number of para-hydroxylation sites is 1. The molecule has 0 N–H and O–H groups in total. The maximum absolute atomic E-state index is 5.47. The van der Waals surface area contributed by atoms with E-state index in [-0.39, 0.29) is 46.7 Å². The molecule has 4 aromatic carbocycles. The Bertz CT molecular complexity index is 1440. The van der Waals surface area contributed by atoms with Crippen molar-refractivity contribution in [2.45, 2.75) is 45.6 Å². The largest absolute Gasteiger partial charge is 4.00 e. The standard InChI is InChI=1S/C34H32N2.2CH3.Hf/c1-23(2)27-18-11-19-28(24(3)4)34(27)36-33(26-14-6-5-7-15-26)32-22-12-21-31(35-32)30-20-10-16-25-13-8-9-17-29(25)30;;;/h5-19,21-24,33H,1-4H3;2*1H3;/q-2;2*-1;+4. The molecule has 196 valence electrons. The van der Waals surface area contributed by atoms with Crippen LogP contribution in [0.1, 0.15) is 68.0 Å². The monoisotopic (exact) mass is 678 g/mol. The molecule has 3 heteroatoms. The molecule has 0 saturated heterocycles. The van der Waals surface area contributed by atoms with Crippen LogP contribution in [0, 0.1) is 20.9 Å². The molecule has 0 saturated carbocycles. The van der Waals surface area contributed by atoms with Gasteiger partial charge in [0, 0.05) is 5.69 Å². The topological polar surface area (TPSA) is 27.0 Å². The van der Waals surface area contributed by atoms with E-state index in [1.165, 1.54) is 16.5 Å². The Kier molecular flexibility index (Phi) is 11.9. The molecular formula is C36H38HfN2. The molecule has 0 aliphatic heterocycles. The summed E-state index contributed by atoms with van der Waals surface area (Å²) >= 11 is 0. The van der Waals surface area contributed by atoms with Crippen LogP contribution in [0.25, 0.3) is 27.3 Å². The van der Waals surface area contributed by atoms with Gasteiger partial charge < -0.3 is 25.2 Å². The van der Waals surface area contributed by atoms with Gasteiger partial charge in [-0.25, -0.2) is 0 Å². The number of hydrogen-bond acceptors (Lipinski definition) is 1. The smallest absolute Gasteiger partial charge is 0.673 e. The van der Waals surface area contributed by atoms with Crippen LogP contribution in [0.2, 0.25) is 0 Å². The van der Waals surface area contributed by atoms with Crippen molar-refractivity contribution >= 4 is 16.5 Å². The van der Waals surface area contributed by atoms with Crippen molar-refractivity contribution in [1.82, 2.24) is 4.98 Å². The van der Waals surface area contributed by atoms with Gasteiger partial charge in [0.2, 0.25) is 0 Å². The molecule has 1 atom stereocenters. The molecule has 1 heterocycles. The van der Waals surface area contributed by atoms with Gasteiger partial charge in [0.1, 0.15) is 0 Å². The van der Waals surface area contributed by atoms with Crippen LogP contribution in [0.5, 0.6) is 0 Å². The minimum atomic E-state index is -0.210. The minimum Gasteiger partial charge on any atom is -0.673 e. The number of benzene rings is 4. The predicted molar refractivity (Wildman–Crippen MR) is 165 cm³/mol. The zero-order valence-electron chi connectivity index (χ0n) is 23.9. The molecule has 0 spiro atoms. The number of hydrogen-bond donors (Lipinski definition) is 0. The molecular weight excluding hydrogens is 639 g/mol. The average molecular weight is 677 g/mol. The fraction of sp³-hybridized carbons (Fsp3) is 0.194. The number of nitrogens with zero attached hydrogens (tertiary/aromatic N) is 2. The Morgan fingerprint density at radius 2 is 1.28 bits per heavy atom. The molecule has 1 unspecified atom stereocenters. The van der Waals surface area contributed by atoms with Crippen molar-refractivity contribution < 1.29 is 25.8 Å². The second kappa shape index (κ2) is 14.4. The molecule has 0 aliphatic carbocycles. The van der Waals surface area contributed by atoms with Crippen molar-refractivity contribution in [3.05, 3.63) is 152 Å². The molecule has 5 aromatic rings. The van der Waals surface area contributed by atoms with E-state index in [0.717, 1.165) is 33.6 Å². The van der Waals surface area contributed by atoms with E-state index >= 15 is 0 Å². The van der Waals surface area contributed by atoms with Crippen LogP contribution in [-0.4, -0.2) is 4.98 Å². The summed E-state index contributed by atoms with van der Waals surface area (Å²) in [6, 6.07) is 39.1. The summed E-state index contributed by atoms with van der Waals surface area (Å²) in [5.41, 5.74) is 7.67. The third-order valence-electron chi connectivity index (χ3n) is 6.74. The first-order chi connectivity index (χ1) is 17.5. The molecule has 0 amide bonds. The molecule has 0 fully saturated rings. The molecule has 1 aromatic heterocycles. The quantitative estimate of drug-likeness (QED) is 0.124. The summed E-state index contributed by atoms with van der Waals surface area (Å²) < 4.78 is 0. The maximum Gasteiger partial charge on any atom is 4.00 e. The minimum absolute atomic E-state index is 0. The summed E-state index contributed by atoms with van der Waals surface area (Å²) in [6.07, 6.45) is 0. The fourth-order valence-electron chi connectivity index (χ4n) is 4.85. The molecule has 39 heavy (non-hydrogen) atoms. The van der Waals surface area contributed by atoms with Gasteiger partial charge in [-0.2, -0.15) is 0 Å². The van der Waals surface area contributed by atoms with Gasteiger partial charge in [-0.15, -0.1) is 34.8 Å². The van der Waals surface area contributed by atoms with Gasteiger partial charge in [-0.05, 0) is 29.6 Å². The van der Waals surface area contributed by atoms with Crippen LogP contribution in [0.15, 0.2) is 103 Å². The van der Waals surface area contributed by atoms with Crippen molar-refractivity contribution in [2.24, 2.45) is 0 Å². The van der Waals surface area contributed by atoms with E-state index in [2.05, 4.69) is 131 Å². The van der Waals surface area contributed by atoms with E-state index in [0.29, 0.717) is 11.8 Å². The summed E-state index contributed by atoms with van der Waals surface area (Å²) in [4.78, 5) is 5.19. The molecule has 0 bridgehead atoms. The first kappa shape index (κ1) is 32.2. The van der Waals surface area contributed by atoms with Crippen LogP contribution >= 0.6 is 0 Å². The fourth-order valence-corrected chi connectivity index (χ4v) is 4.85. The number of aromatic nitrogens is 1. The van der Waals surface area contributed by atoms with Crippen molar-refractivity contribution in [3.8, 4) is 11.3 Å². The van der Waals surface area contributed by atoms with Gasteiger partial charge in [0.05, 0.1) is 0 Å². The zero-order valence-corrected chi connectivity index (χ0v) is 27.5. The van der Waals surface area contributed by atoms with E-state index in [4.69, 9.17) is 10.3 Å². The third kappa shape index (κ3) is 6.94.